The summed E-state index contributed by atoms with van der Waals surface area (Å²) in [6.07, 6.45) is 1.93. The summed E-state index contributed by atoms with van der Waals surface area (Å²) in [6, 6.07) is 8.43. The average Bonchev–Trinajstić information content (AvgIpc) is 3.10. The Morgan fingerprint density at radius 3 is 2.81 bits per heavy atom. The summed E-state index contributed by atoms with van der Waals surface area (Å²) in [7, 11) is 0. The van der Waals surface area contributed by atoms with Gasteiger partial charge in [-0.05, 0) is 17.5 Å². The van der Waals surface area contributed by atoms with E-state index in [0.29, 0.717) is 12.2 Å². The first-order valence-electron chi connectivity index (χ1n) is 9.14. The van der Waals surface area contributed by atoms with Crippen LogP contribution in [-0.4, -0.2) is 51.6 Å². The van der Waals surface area contributed by atoms with Gasteiger partial charge in [0.2, 0.25) is 0 Å². The summed E-state index contributed by atoms with van der Waals surface area (Å²) in [5, 5.41) is 13.1. The van der Waals surface area contributed by atoms with Crippen molar-refractivity contribution in [3.63, 3.8) is 0 Å². The SMILES string of the molecule is CC(C)(C)c1[nH]cnc1C(=O)NCC(O)CN1CCc2ccccc2C1. The van der Waals surface area contributed by atoms with E-state index in [1.54, 1.807) is 0 Å². The monoisotopic (exact) mass is 356 g/mol. The number of fused-ring (bicyclic) bond motifs is 1. The molecule has 6 heteroatoms. The lowest BCUT2D eigenvalue weighted by Crippen LogP contribution is -2.42. The van der Waals surface area contributed by atoms with Crippen LogP contribution in [-0.2, 0) is 18.4 Å². The van der Waals surface area contributed by atoms with Gasteiger partial charge in [-0.1, -0.05) is 45.0 Å². The van der Waals surface area contributed by atoms with E-state index in [1.807, 2.05) is 20.8 Å². The van der Waals surface area contributed by atoms with Crippen LogP contribution in [0.25, 0.3) is 0 Å². The molecule has 1 atom stereocenters. The van der Waals surface area contributed by atoms with Crippen LogP contribution in [0, 0.1) is 0 Å². The number of hydrogen-bond donors (Lipinski definition) is 3. The summed E-state index contributed by atoms with van der Waals surface area (Å²) >= 11 is 0. The van der Waals surface area contributed by atoms with Gasteiger partial charge in [0.1, 0.15) is 5.69 Å². The fourth-order valence-electron chi connectivity index (χ4n) is 3.40. The molecule has 26 heavy (non-hydrogen) atoms. The lowest BCUT2D eigenvalue weighted by atomic mass is 9.90. The second-order valence-corrected chi connectivity index (χ2v) is 7.99. The Kier molecular flexibility index (Phi) is 5.44. The number of amides is 1. The summed E-state index contributed by atoms with van der Waals surface area (Å²) in [4.78, 5) is 21.8. The highest BCUT2D eigenvalue weighted by Crippen LogP contribution is 2.22. The van der Waals surface area contributed by atoms with Crippen LogP contribution in [0.15, 0.2) is 30.6 Å². The molecule has 140 valence electrons. The first-order chi connectivity index (χ1) is 12.3. The van der Waals surface area contributed by atoms with Crippen LogP contribution in [0.3, 0.4) is 0 Å². The zero-order chi connectivity index (χ0) is 18.7. The van der Waals surface area contributed by atoms with Gasteiger partial charge < -0.3 is 15.4 Å². The van der Waals surface area contributed by atoms with Crippen LogP contribution < -0.4 is 5.32 Å². The molecule has 1 aromatic heterocycles. The van der Waals surface area contributed by atoms with Crippen molar-refractivity contribution in [2.75, 3.05) is 19.6 Å². The van der Waals surface area contributed by atoms with E-state index in [-0.39, 0.29) is 17.9 Å². The summed E-state index contributed by atoms with van der Waals surface area (Å²) in [6.45, 7) is 8.61. The molecule has 3 rings (SSSR count). The van der Waals surface area contributed by atoms with E-state index in [1.165, 1.54) is 17.5 Å². The van der Waals surface area contributed by atoms with Gasteiger partial charge in [-0.3, -0.25) is 9.69 Å². The maximum Gasteiger partial charge on any atom is 0.271 e. The zero-order valence-corrected chi connectivity index (χ0v) is 15.7. The minimum absolute atomic E-state index is 0.191. The van der Waals surface area contributed by atoms with Gasteiger partial charge in [-0.25, -0.2) is 4.98 Å². The topological polar surface area (TPSA) is 81.2 Å². The van der Waals surface area contributed by atoms with Crippen LogP contribution in [0.4, 0.5) is 0 Å². The number of aromatic nitrogens is 2. The first kappa shape index (κ1) is 18.6. The van der Waals surface area contributed by atoms with Crippen molar-refractivity contribution in [2.24, 2.45) is 0 Å². The molecular formula is C20H28N4O2. The van der Waals surface area contributed by atoms with Gasteiger partial charge in [-0.15, -0.1) is 0 Å². The number of aliphatic hydroxyl groups excluding tert-OH is 1. The largest absolute Gasteiger partial charge is 0.390 e. The van der Waals surface area contributed by atoms with Gasteiger partial charge in [0.25, 0.3) is 5.91 Å². The van der Waals surface area contributed by atoms with E-state index in [0.717, 1.165) is 25.2 Å². The summed E-state index contributed by atoms with van der Waals surface area (Å²) in [5.41, 5.74) is 3.72. The van der Waals surface area contributed by atoms with E-state index in [9.17, 15) is 9.90 Å². The molecule has 1 aromatic carbocycles. The van der Waals surface area contributed by atoms with E-state index in [2.05, 4.69) is 44.5 Å². The van der Waals surface area contributed by atoms with Crippen molar-refractivity contribution in [3.05, 3.63) is 53.1 Å². The number of hydrogen-bond acceptors (Lipinski definition) is 4. The Labute approximate surface area is 154 Å². The van der Waals surface area contributed by atoms with Crippen LogP contribution >= 0.6 is 0 Å². The molecule has 0 aliphatic carbocycles. The van der Waals surface area contributed by atoms with Crippen LogP contribution in [0.1, 0.15) is 48.1 Å². The number of imidazole rings is 1. The second kappa shape index (κ2) is 7.60. The minimum atomic E-state index is -0.610. The van der Waals surface area contributed by atoms with E-state index < -0.39 is 6.10 Å². The summed E-state index contributed by atoms with van der Waals surface area (Å²) in [5.74, 6) is -0.251. The van der Waals surface area contributed by atoms with Gasteiger partial charge in [0.15, 0.2) is 0 Å². The predicted molar refractivity (Wildman–Crippen MR) is 101 cm³/mol. The fraction of sp³-hybridized carbons (Fsp3) is 0.500. The van der Waals surface area contributed by atoms with E-state index >= 15 is 0 Å². The van der Waals surface area contributed by atoms with Crippen molar-refractivity contribution in [2.45, 2.75) is 45.3 Å². The molecule has 1 amide bonds. The number of aliphatic hydroxyl groups is 1. The molecule has 0 saturated carbocycles. The van der Waals surface area contributed by atoms with Gasteiger partial charge in [-0.2, -0.15) is 0 Å². The number of carbonyl (C=O) groups excluding carboxylic acids is 1. The molecular weight excluding hydrogens is 328 g/mol. The lowest BCUT2D eigenvalue weighted by molar-refractivity contribution is 0.0836. The number of rotatable bonds is 5. The Balaban J connectivity index is 1.51. The molecule has 0 saturated heterocycles. The minimum Gasteiger partial charge on any atom is -0.390 e. The van der Waals surface area contributed by atoms with Gasteiger partial charge in [0.05, 0.1) is 18.1 Å². The molecule has 0 bridgehead atoms. The molecule has 6 nitrogen and oxygen atoms in total. The zero-order valence-electron chi connectivity index (χ0n) is 15.7. The third-order valence-corrected chi connectivity index (χ3v) is 4.78. The normalized spacial score (nSPS) is 16.2. The van der Waals surface area contributed by atoms with E-state index in [4.69, 9.17) is 0 Å². The number of benzene rings is 1. The second-order valence-electron chi connectivity index (χ2n) is 7.99. The Bertz CT molecular complexity index is 763. The Morgan fingerprint density at radius 2 is 2.08 bits per heavy atom. The number of nitrogens with zero attached hydrogens (tertiary/aromatic N) is 2. The third-order valence-electron chi connectivity index (χ3n) is 4.78. The smallest absolute Gasteiger partial charge is 0.271 e. The fourth-order valence-corrected chi connectivity index (χ4v) is 3.40. The number of carbonyl (C=O) groups is 1. The highest BCUT2D eigenvalue weighted by molar-refractivity contribution is 5.93. The number of H-pyrrole nitrogens is 1. The summed E-state index contributed by atoms with van der Waals surface area (Å²) < 4.78 is 0. The molecule has 0 fully saturated rings. The highest BCUT2D eigenvalue weighted by Gasteiger charge is 2.25. The first-order valence-corrected chi connectivity index (χ1v) is 9.14. The van der Waals surface area contributed by atoms with Crippen molar-refractivity contribution < 1.29 is 9.90 Å². The quantitative estimate of drug-likeness (QED) is 0.764. The molecule has 3 N–H and O–H groups in total. The lowest BCUT2D eigenvalue weighted by Gasteiger charge is -2.30. The van der Waals surface area contributed by atoms with Crippen molar-refractivity contribution >= 4 is 5.91 Å². The molecule has 1 aliphatic rings. The number of aromatic amines is 1. The predicted octanol–water partition coefficient (Wildman–Crippen LogP) is 1.86. The average molecular weight is 356 g/mol. The maximum atomic E-state index is 12.4. The Morgan fingerprint density at radius 1 is 1.35 bits per heavy atom. The molecule has 2 aromatic rings. The maximum absolute atomic E-state index is 12.4. The third kappa shape index (κ3) is 4.31. The molecule has 0 radical (unpaired) electrons. The van der Waals surface area contributed by atoms with Crippen molar-refractivity contribution in [1.82, 2.24) is 20.2 Å². The standard InChI is InChI=1S/C20H28N4O2/c1-20(2,3)18-17(22-13-23-18)19(26)21-10-16(25)12-24-9-8-14-6-4-5-7-15(14)11-24/h4-7,13,16,25H,8-12H2,1-3H3,(H,21,26)(H,22,23). The molecule has 1 aliphatic heterocycles. The highest BCUT2D eigenvalue weighted by atomic mass is 16.3. The number of β-amino-alcohol motifs (C(OH)–C–C–N with tert-alkyl or cyclic N) is 1. The van der Waals surface area contributed by atoms with Gasteiger partial charge in [0, 0.05) is 31.6 Å². The molecule has 2 heterocycles. The Hall–Kier alpha value is -2.18. The van der Waals surface area contributed by atoms with Crippen LogP contribution in [0.5, 0.6) is 0 Å². The van der Waals surface area contributed by atoms with Crippen molar-refractivity contribution in [1.29, 1.82) is 0 Å². The van der Waals surface area contributed by atoms with Crippen molar-refractivity contribution in [3.8, 4) is 0 Å². The van der Waals surface area contributed by atoms with Gasteiger partial charge >= 0.3 is 0 Å². The molecule has 1 unspecified atom stereocenters. The van der Waals surface area contributed by atoms with Crippen LogP contribution in [0.2, 0.25) is 0 Å². The molecule has 0 spiro atoms. The number of nitrogens with one attached hydrogen (secondary N) is 2.